The summed E-state index contributed by atoms with van der Waals surface area (Å²) in [4.78, 5) is 27.2. The molecule has 0 radical (unpaired) electrons. The molecule has 2 N–H and O–H groups in total. The molecule has 0 bridgehead atoms. The van der Waals surface area contributed by atoms with Crippen LogP contribution in [-0.4, -0.2) is 29.9 Å². The van der Waals surface area contributed by atoms with Gasteiger partial charge in [-0.2, -0.15) is 13.2 Å². The van der Waals surface area contributed by atoms with Gasteiger partial charge in [-0.1, -0.05) is 11.6 Å². The highest BCUT2D eigenvalue weighted by atomic mass is 35.5. The number of alkyl halides is 3. The minimum absolute atomic E-state index is 0.0241. The number of nitrogens with zero attached hydrogens (tertiary/aromatic N) is 1. The molecule has 1 aromatic heterocycles. The summed E-state index contributed by atoms with van der Waals surface area (Å²) in [5.74, 6) is -1.14. The molecule has 0 spiro atoms. The number of ether oxygens (including phenoxy) is 1. The Morgan fingerprint density at radius 3 is 2.48 bits per heavy atom. The van der Waals surface area contributed by atoms with Crippen LogP contribution in [0.1, 0.15) is 30.5 Å². The Bertz CT molecular complexity index is 892. The van der Waals surface area contributed by atoms with Crippen LogP contribution in [-0.2, 0) is 22.3 Å². The molecular weight excluding hydrogens is 442 g/mol. The van der Waals surface area contributed by atoms with E-state index in [0.717, 1.165) is 18.3 Å². The van der Waals surface area contributed by atoms with Crippen molar-refractivity contribution in [3.05, 3.63) is 58.6 Å². The van der Waals surface area contributed by atoms with E-state index in [-0.39, 0.29) is 36.3 Å². The first-order valence-corrected chi connectivity index (χ1v) is 9.66. The van der Waals surface area contributed by atoms with Gasteiger partial charge in [-0.3, -0.25) is 14.6 Å². The maximum absolute atomic E-state index is 13.3. The quantitative estimate of drug-likeness (QED) is 0.416. The minimum Gasteiger partial charge on any atom is -0.484 e. The number of hydrogen-bond donors (Lipinski definition) is 2. The lowest BCUT2D eigenvalue weighted by Crippen LogP contribution is -2.30. The van der Waals surface area contributed by atoms with Crippen molar-refractivity contribution in [1.82, 2.24) is 15.6 Å². The van der Waals surface area contributed by atoms with Crippen LogP contribution in [0.15, 0.2) is 36.5 Å². The molecule has 0 fully saturated rings. The topological polar surface area (TPSA) is 80.3 Å². The number of nitrogens with one attached hydrogen (secondary N) is 2. The monoisotopic (exact) mass is 461 g/mol. The molecule has 0 aliphatic carbocycles. The molecule has 2 aromatic rings. The van der Waals surface area contributed by atoms with Gasteiger partial charge in [0.05, 0.1) is 22.8 Å². The molecule has 0 saturated carbocycles. The van der Waals surface area contributed by atoms with Gasteiger partial charge in [0.15, 0.2) is 6.61 Å². The fourth-order valence-corrected chi connectivity index (χ4v) is 2.50. The van der Waals surface area contributed by atoms with E-state index < -0.39 is 23.5 Å². The SMILES string of the molecule is O=C(CCCCNC(=O)COc1ccc(Cl)c(F)c1)NCc1ccc(C(F)(F)F)cn1. The normalized spacial score (nSPS) is 11.1. The molecule has 0 aliphatic rings. The van der Waals surface area contributed by atoms with E-state index in [0.29, 0.717) is 25.1 Å². The van der Waals surface area contributed by atoms with Crippen LogP contribution in [0, 0.1) is 5.82 Å². The first kappa shape index (κ1) is 24.4. The van der Waals surface area contributed by atoms with Crippen LogP contribution < -0.4 is 15.4 Å². The molecule has 6 nitrogen and oxygen atoms in total. The maximum atomic E-state index is 13.3. The van der Waals surface area contributed by atoms with Gasteiger partial charge in [-0.15, -0.1) is 0 Å². The number of unbranched alkanes of at least 4 members (excludes halogenated alkanes) is 1. The lowest BCUT2D eigenvalue weighted by atomic mass is 10.2. The Kier molecular flexibility index (Phi) is 9.04. The molecular formula is C20H20ClF4N3O3. The average Bonchev–Trinajstić information content (AvgIpc) is 2.72. The van der Waals surface area contributed by atoms with E-state index in [2.05, 4.69) is 15.6 Å². The van der Waals surface area contributed by atoms with E-state index in [1.54, 1.807) is 0 Å². The van der Waals surface area contributed by atoms with E-state index >= 15 is 0 Å². The van der Waals surface area contributed by atoms with E-state index in [9.17, 15) is 27.2 Å². The summed E-state index contributed by atoms with van der Waals surface area (Å²) < 4.78 is 55.9. The van der Waals surface area contributed by atoms with Gasteiger partial charge in [0.25, 0.3) is 5.91 Å². The highest BCUT2D eigenvalue weighted by molar-refractivity contribution is 6.30. The van der Waals surface area contributed by atoms with Gasteiger partial charge in [0.1, 0.15) is 11.6 Å². The van der Waals surface area contributed by atoms with Crippen molar-refractivity contribution in [2.45, 2.75) is 32.0 Å². The third-order valence-corrected chi connectivity index (χ3v) is 4.34. The Labute approximate surface area is 180 Å². The summed E-state index contributed by atoms with van der Waals surface area (Å²) in [6, 6.07) is 5.96. The van der Waals surface area contributed by atoms with Crippen molar-refractivity contribution in [2.75, 3.05) is 13.2 Å². The number of carbonyl (C=O) groups excluding carboxylic acids is 2. The zero-order valence-electron chi connectivity index (χ0n) is 16.3. The lowest BCUT2D eigenvalue weighted by molar-refractivity contribution is -0.137. The van der Waals surface area contributed by atoms with Gasteiger partial charge in [0.2, 0.25) is 5.91 Å². The second-order valence-corrected chi connectivity index (χ2v) is 6.89. The van der Waals surface area contributed by atoms with Crippen molar-refractivity contribution < 1.29 is 31.9 Å². The lowest BCUT2D eigenvalue weighted by Gasteiger charge is -2.09. The van der Waals surface area contributed by atoms with Crippen LogP contribution in [0.3, 0.4) is 0 Å². The number of halogens is 5. The van der Waals surface area contributed by atoms with Crippen molar-refractivity contribution in [1.29, 1.82) is 0 Å². The summed E-state index contributed by atoms with van der Waals surface area (Å²) in [7, 11) is 0. The zero-order chi connectivity index (χ0) is 22.9. The Hall–Kier alpha value is -2.88. The third kappa shape index (κ3) is 8.79. The fourth-order valence-electron chi connectivity index (χ4n) is 2.38. The average molecular weight is 462 g/mol. The molecule has 168 valence electrons. The van der Waals surface area contributed by atoms with Gasteiger partial charge >= 0.3 is 6.18 Å². The molecule has 1 aromatic carbocycles. The number of amides is 2. The van der Waals surface area contributed by atoms with Gasteiger partial charge in [-0.25, -0.2) is 4.39 Å². The molecule has 11 heteroatoms. The van der Waals surface area contributed by atoms with Crippen molar-refractivity contribution in [3.8, 4) is 5.75 Å². The summed E-state index contributed by atoms with van der Waals surface area (Å²) in [5, 5.41) is 5.14. The van der Waals surface area contributed by atoms with Gasteiger partial charge in [0, 0.05) is 25.2 Å². The summed E-state index contributed by atoms with van der Waals surface area (Å²) in [5.41, 5.74) is -0.537. The van der Waals surface area contributed by atoms with Crippen molar-refractivity contribution in [2.24, 2.45) is 0 Å². The molecule has 0 atom stereocenters. The Balaban J connectivity index is 1.56. The number of carbonyl (C=O) groups is 2. The fraction of sp³-hybridized carbons (Fsp3) is 0.350. The zero-order valence-corrected chi connectivity index (χ0v) is 17.0. The number of aromatic nitrogens is 1. The number of pyridine rings is 1. The van der Waals surface area contributed by atoms with E-state index in [4.69, 9.17) is 16.3 Å². The second kappa shape index (κ2) is 11.5. The first-order chi connectivity index (χ1) is 14.6. The van der Waals surface area contributed by atoms with Crippen LogP contribution in [0.4, 0.5) is 17.6 Å². The molecule has 31 heavy (non-hydrogen) atoms. The molecule has 1 heterocycles. The molecule has 2 rings (SSSR count). The van der Waals surface area contributed by atoms with Gasteiger partial charge in [-0.05, 0) is 37.1 Å². The standard InChI is InChI=1S/C20H20ClF4N3O3/c21-16-7-6-15(9-17(16)22)31-12-19(30)26-8-2-1-3-18(29)28-11-14-5-4-13(10-27-14)20(23,24)25/h4-7,9-10H,1-3,8,11-12H2,(H,26,30)(H,28,29). The van der Waals surface area contributed by atoms with Crippen LogP contribution in [0.2, 0.25) is 5.02 Å². The minimum atomic E-state index is -4.45. The molecule has 0 unspecified atom stereocenters. The Morgan fingerprint density at radius 2 is 1.84 bits per heavy atom. The predicted molar refractivity (Wildman–Crippen MR) is 105 cm³/mol. The summed E-state index contributed by atoms with van der Waals surface area (Å²) in [6.07, 6.45) is -2.51. The molecule has 0 saturated heterocycles. The van der Waals surface area contributed by atoms with Crippen LogP contribution >= 0.6 is 11.6 Å². The van der Waals surface area contributed by atoms with E-state index in [1.165, 1.54) is 18.2 Å². The summed E-state index contributed by atoms with van der Waals surface area (Å²) in [6.45, 7) is 0.0585. The number of hydrogen-bond acceptors (Lipinski definition) is 4. The van der Waals surface area contributed by atoms with E-state index in [1.807, 2.05) is 0 Å². The Morgan fingerprint density at radius 1 is 1.06 bits per heavy atom. The van der Waals surface area contributed by atoms with Crippen molar-refractivity contribution >= 4 is 23.4 Å². The molecule has 0 aliphatic heterocycles. The van der Waals surface area contributed by atoms with Crippen molar-refractivity contribution in [3.63, 3.8) is 0 Å². The smallest absolute Gasteiger partial charge is 0.417 e. The largest absolute Gasteiger partial charge is 0.484 e. The maximum Gasteiger partial charge on any atom is 0.417 e. The predicted octanol–water partition coefficient (Wildman–Crippen LogP) is 3.87. The third-order valence-electron chi connectivity index (χ3n) is 4.03. The van der Waals surface area contributed by atoms with Crippen LogP contribution in [0.25, 0.3) is 0 Å². The highest BCUT2D eigenvalue weighted by Gasteiger charge is 2.30. The van der Waals surface area contributed by atoms with Crippen LogP contribution in [0.5, 0.6) is 5.75 Å². The molecule has 2 amide bonds. The number of rotatable bonds is 10. The second-order valence-electron chi connectivity index (χ2n) is 6.48. The van der Waals surface area contributed by atoms with Gasteiger partial charge < -0.3 is 15.4 Å². The summed E-state index contributed by atoms with van der Waals surface area (Å²) >= 11 is 5.56. The number of benzene rings is 1. The first-order valence-electron chi connectivity index (χ1n) is 9.28. The highest BCUT2D eigenvalue weighted by Crippen LogP contribution is 2.28.